The first-order valence-corrected chi connectivity index (χ1v) is 5.28. The Morgan fingerprint density at radius 1 is 1.08 bits per heavy atom. The predicted molar refractivity (Wildman–Crippen MR) is 56.1 cm³/mol. The Kier molecular flexibility index (Phi) is 6.45. The van der Waals surface area contributed by atoms with Gasteiger partial charge in [0.25, 0.3) is 0 Å². The third kappa shape index (κ3) is 5.59. The molecule has 2 atom stereocenters. The number of hydrogen-bond acceptors (Lipinski definition) is 1. The summed E-state index contributed by atoms with van der Waals surface area (Å²) in [6, 6.07) is 0. The monoisotopic (exact) mass is 171 g/mol. The fourth-order valence-corrected chi connectivity index (χ4v) is 1.49. The van der Waals surface area contributed by atoms with Crippen molar-refractivity contribution >= 4 is 0 Å². The quantitative estimate of drug-likeness (QED) is 0.653. The van der Waals surface area contributed by atoms with Gasteiger partial charge < -0.3 is 5.73 Å². The summed E-state index contributed by atoms with van der Waals surface area (Å²) in [7, 11) is 0. The van der Waals surface area contributed by atoms with Gasteiger partial charge in [-0.3, -0.25) is 0 Å². The topological polar surface area (TPSA) is 26.0 Å². The van der Waals surface area contributed by atoms with Crippen LogP contribution in [0.2, 0.25) is 0 Å². The molecule has 0 aromatic carbocycles. The van der Waals surface area contributed by atoms with Crippen molar-refractivity contribution < 1.29 is 0 Å². The molecule has 0 aromatic rings. The van der Waals surface area contributed by atoms with Crippen molar-refractivity contribution in [2.45, 2.75) is 47.0 Å². The van der Waals surface area contributed by atoms with Gasteiger partial charge in [-0.1, -0.05) is 27.7 Å². The second-order valence-corrected chi connectivity index (χ2v) is 4.49. The maximum Gasteiger partial charge on any atom is -0.00772 e. The fourth-order valence-electron chi connectivity index (χ4n) is 1.49. The highest BCUT2D eigenvalue weighted by atomic mass is 14.5. The summed E-state index contributed by atoms with van der Waals surface area (Å²) in [4.78, 5) is 0. The molecule has 0 saturated carbocycles. The summed E-state index contributed by atoms with van der Waals surface area (Å²) in [5.74, 6) is 2.54. The van der Waals surface area contributed by atoms with Crippen LogP contribution in [0.4, 0.5) is 0 Å². The van der Waals surface area contributed by atoms with E-state index < -0.39 is 0 Å². The van der Waals surface area contributed by atoms with E-state index in [9.17, 15) is 0 Å². The van der Waals surface area contributed by atoms with Gasteiger partial charge in [0.2, 0.25) is 0 Å². The highest BCUT2D eigenvalue weighted by molar-refractivity contribution is 4.62. The van der Waals surface area contributed by atoms with Crippen LogP contribution in [0.3, 0.4) is 0 Å². The smallest absolute Gasteiger partial charge is 0.00772 e. The highest BCUT2D eigenvalue weighted by Gasteiger charge is 2.11. The molecule has 2 unspecified atom stereocenters. The van der Waals surface area contributed by atoms with Crippen LogP contribution in [0, 0.1) is 17.8 Å². The third-order valence-electron chi connectivity index (χ3n) is 2.81. The van der Waals surface area contributed by atoms with Gasteiger partial charge in [-0.2, -0.15) is 0 Å². The van der Waals surface area contributed by atoms with E-state index in [1.54, 1.807) is 0 Å². The second-order valence-electron chi connectivity index (χ2n) is 4.49. The largest absolute Gasteiger partial charge is 0.330 e. The molecule has 0 spiro atoms. The van der Waals surface area contributed by atoms with Crippen LogP contribution in [0.15, 0.2) is 0 Å². The van der Waals surface area contributed by atoms with Gasteiger partial charge in [-0.05, 0) is 43.6 Å². The molecule has 0 heterocycles. The maximum absolute atomic E-state index is 5.47. The molecule has 0 bridgehead atoms. The lowest BCUT2D eigenvalue weighted by Gasteiger charge is -2.19. The molecule has 0 rings (SSSR count). The van der Waals surface area contributed by atoms with Crippen LogP contribution >= 0.6 is 0 Å². The van der Waals surface area contributed by atoms with E-state index in [0.717, 1.165) is 24.3 Å². The van der Waals surface area contributed by atoms with E-state index in [1.165, 1.54) is 19.3 Å². The van der Waals surface area contributed by atoms with Gasteiger partial charge in [-0.25, -0.2) is 0 Å². The predicted octanol–water partition coefficient (Wildman–Crippen LogP) is 3.04. The molecule has 0 radical (unpaired) electrons. The average Bonchev–Trinajstić information content (AvgIpc) is 2.00. The Morgan fingerprint density at radius 2 is 1.67 bits per heavy atom. The lowest BCUT2D eigenvalue weighted by molar-refractivity contribution is 0.319. The summed E-state index contributed by atoms with van der Waals surface area (Å²) in [5.41, 5.74) is 5.47. The molecular weight excluding hydrogens is 146 g/mol. The third-order valence-corrected chi connectivity index (χ3v) is 2.81. The van der Waals surface area contributed by atoms with Crippen molar-refractivity contribution in [2.24, 2.45) is 23.5 Å². The van der Waals surface area contributed by atoms with Crippen molar-refractivity contribution in [3.8, 4) is 0 Å². The van der Waals surface area contributed by atoms with Gasteiger partial charge in [0.15, 0.2) is 0 Å². The fraction of sp³-hybridized carbons (Fsp3) is 1.00. The molecule has 1 heteroatoms. The molecule has 74 valence electrons. The zero-order valence-corrected chi connectivity index (χ0v) is 9.14. The first-order chi connectivity index (χ1) is 5.57. The van der Waals surface area contributed by atoms with E-state index >= 15 is 0 Å². The van der Waals surface area contributed by atoms with Crippen molar-refractivity contribution in [3.05, 3.63) is 0 Å². The van der Waals surface area contributed by atoms with Crippen molar-refractivity contribution in [1.82, 2.24) is 0 Å². The summed E-state index contributed by atoms with van der Waals surface area (Å²) >= 11 is 0. The number of hydrogen-bond donors (Lipinski definition) is 1. The van der Waals surface area contributed by atoms with Gasteiger partial charge in [-0.15, -0.1) is 0 Å². The van der Waals surface area contributed by atoms with Crippen LogP contribution in [0.25, 0.3) is 0 Å². The molecule has 0 aliphatic heterocycles. The minimum Gasteiger partial charge on any atom is -0.330 e. The Labute approximate surface area is 77.7 Å². The molecule has 2 N–H and O–H groups in total. The Morgan fingerprint density at radius 3 is 2.08 bits per heavy atom. The summed E-state index contributed by atoms with van der Waals surface area (Å²) in [6.07, 6.45) is 3.84. The van der Waals surface area contributed by atoms with Crippen LogP contribution in [0.1, 0.15) is 47.0 Å². The Bertz CT molecular complexity index is 99.2. The van der Waals surface area contributed by atoms with Crippen LogP contribution in [0.5, 0.6) is 0 Å². The maximum atomic E-state index is 5.47. The van der Waals surface area contributed by atoms with Crippen LogP contribution in [-0.2, 0) is 0 Å². The average molecular weight is 171 g/mol. The minimum atomic E-state index is 0.824. The van der Waals surface area contributed by atoms with E-state index in [-0.39, 0.29) is 0 Å². The standard InChI is InChI=1S/C11H25N/c1-9(2)11(4)8-10(3)6-5-7-12/h9-11H,5-8,12H2,1-4H3. The molecule has 1 nitrogen and oxygen atoms in total. The molecular formula is C11H25N. The molecule has 0 fully saturated rings. The Hall–Kier alpha value is -0.0400. The molecule has 0 aliphatic rings. The number of nitrogens with two attached hydrogens (primary N) is 1. The molecule has 0 aromatic heterocycles. The van der Waals surface area contributed by atoms with E-state index in [0.29, 0.717) is 0 Å². The lowest BCUT2D eigenvalue weighted by atomic mass is 9.87. The van der Waals surface area contributed by atoms with E-state index in [1.807, 2.05) is 0 Å². The number of rotatable bonds is 6. The lowest BCUT2D eigenvalue weighted by Crippen LogP contribution is -2.10. The van der Waals surface area contributed by atoms with Crippen molar-refractivity contribution in [2.75, 3.05) is 6.54 Å². The zero-order valence-electron chi connectivity index (χ0n) is 9.14. The van der Waals surface area contributed by atoms with E-state index in [4.69, 9.17) is 5.73 Å². The summed E-state index contributed by atoms with van der Waals surface area (Å²) in [5, 5.41) is 0. The van der Waals surface area contributed by atoms with Gasteiger partial charge in [0.05, 0.1) is 0 Å². The SMILES string of the molecule is CC(CCCN)CC(C)C(C)C. The molecule has 0 aliphatic carbocycles. The molecule has 0 amide bonds. The minimum absolute atomic E-state index is 0.824. The first-order valence-electron chi connectivity index (χ1n) is 5.28. The van der Waals surface area contributed by atoms with Crippen molar-refractivity contribution in [3.63, 3.8) is 0 Å². The van der Waals surface area contributed by atoms with Crippen LogP contribution in [-0.4, -0.2) is 6.54 Å². The zero-order chi connectivity index (χ0) is 9.56. The van der Waals surface area contributed by atoms with E-state index in [2.05, 4.69) is 27.7 Å². The Balaban J connectivity index is 3.47. The van der Waals surface area contributed by atoms with Crippen molar-refractivity contribution in [1.29, 1.82) is 0 Å². The first kappa shape index (κ1) is 12.0. The second kappa shape index (κ2) is 6.47. The van der Waals surface area contributed by atoms with Crippen LogP contribution < -0.4 is 5.73 Å². The normalized spacial score (nSPS) is 16.5. The molecule has 0 saturated heterocycles. The van der Waals surface area contributed by atoms with Gasteiger partial charge in [0.1, 0.15) is 0 Å². The highest BCUT2D eigenvalue weighted by Crippen LogP contribution is 2.21. The summed E-state index contributed by atoms with van der Waals surface area (Å²) < 4.78 is 0. The summed E-state index contributed by atoms with van der Waals surface area (Å²) in [6.45, 7) is 10.2. The van der Waals surface area contributed by atoms with Gasteiger partial charge in [0, 0.05) is 0 Å². The molecule has 12 heavy (non-hydrogen) atoms. The van der Waals surface area contributed by atoms with Gasteiger partial charge >= 0.3 is 0 Å².